The van der Waals surface area contributed by atoms with Crippen LogP contribution in [0.4, 0.5) is 11.4 Å². The third-order valence-electron chi connectivity index (χ3n) is 6.76. The summed E-state index contributed by atoms with van der Waals surface area (Å²) in [5.74, 6) is 0.486. The molecule has 1 heterocycles. The average Bonchev–Trinajstić information content (AvgIpc) is 3.01. The van der Waals surface area contributed by atoms with E-state index in [1.807, 2.05) is 42.5 Å². The molecule has 2 N–H and O–H groups in total. The zero-order valence-corrected chi connectivity index (χ0v) is 24.9. The number of benzene rings is 4. The van der Waals surface area contributed by atoms with Crippen LogP contribution in [0.15, 0.2) is 96.0 Å². The number of nitriles is 1. The molecule has 5 rings (SSSR count). The number of pyridine rings is 1. The van der Waals surface area contributed by atoms with Crippen molar-refractivity contribution in [3.8, 4) is 22.9 Å². The van der Waals surface area contributed by atoms with Gasteiger partial charge in [-0.2, -0.15) is 5.26 Å². The lowest BCUT2D eigenvalue weighted by molar-refractivity contribution is 0.415. The summed E-state index contributed by atoms with van der Waals surface area (Å²) in [6, 6.07) is 27.8. The normalized spacial score (nSPS) is 11.3. The van der Waals surface area contributed by atoms with E-state index in [4.69, 9.17) is 27.9 Å². The van der Waals surface area contributed by atoms with Crippen LogP contribution in [0.5, 0.6) is 5.75 Å². The quantitative estimate of drug-likeness (QED) is 0.158. The zero-order valence-electron chi connectivity index (χ0n) is 22.6. The fourth-order valence-electron chi connectivity index (χ4n) is 4.51. The zero-order chi connectivity index (χ0) is 29.7. The predicted molar refractivity (Wildman–Crippen MR) is 168 cm³/mol. The van der Waals surface area contributed by atoms with Crippen LogP contribution in [0, 0.1) is 11.3 Å². The predicted octanol–water partition coefficient (Wildman–Crippen LogP) is 7.40. The molecule has 0 unspecified atom stereocenters. The van der Waals surface area contributed by atoms with Crippen LogP contribution in [0.25, 0.3) is 22.0 Å². The van der Waals surface area contributed by atoms with Crippen LogP contribution in [-0.2, 0) is 16.4 Å². The van der Waals surface area contributed by atoms with Gasteiger partial charge in [-0.25, -0.2) is 8.42 Å². The van der Waals surface area contributed by atoms with Gasteiger partial charge in [-0.15, -0.1) is 0 Å². The molecule has 5 aromatic rings. The van der Waals surface area contributed by atoms with Gasteiger partial charge in [0.1, 0.15) is 11.8 Å². The third kappa shape index (κ3) is 6.51. The molecule has 0 aliphatic carbocycles. The summed E-state index contributed by atoms with van der Waals surface area (Å²) >= 11 is 12.6. The number of halogens is 2. The second-order valence-corrected chi connectivity index (χ2v) is 12.4. The fourth-order valence-corrected chi connectivity index (χ4v) is 6.24. The molecule has 0 aliphatic heterocycles. The van der Waals surface area contributed by atoms with Crippen molar-refractivity contribution in [2.24, 2.45) is 0 Å². The number of nitrogens with one attached hydrogen (secondary N) is 2. The Kier molecular flexibility index (Phi) is 8.95. The Labute approximate surface area is 254 Å². The second-order valence-electron chi connectivity index (χ2n) is 9.49. The second kappa shape index (κ2) is 12.8. The Hall–Kier alpha value is -4.13. The van der Waals surface area contributed by atoms with E-state index in [1.54, 1.807) is 42.5 Å². The molecule has 212 valence electrons. The molecule has 4 aromatic carbocycles. The summed E-state index contributed by atoms with van der Waals surface area (Å²) in [6.45, 7) is 0.901. The lowest BCUT2D eigenvalue weighted by Gasteiger charge is -2.15. The topological polar surface area (TPSA) is 104 Å². The number of aromatic nitrogens is 1. The number of methoxy groups -OCH3 is 1. The standard InChI is InChI=1S/C32H26Cl2N4O3S/c1-41-31-17-30(27(33)16-28(31)34)38-32-24(18-35)20-37-29-15-23(11-12-26(29)32)22-9-7-21(8-10-22)19-36-13-14-42(39,40)25-5-3-2-4-6-25/h2-12,15-17,20,36H,13-14,19H2,1H3,(H,37,38). The van der Waals surface area contributed by atoms with E-state index in [2.05, 4.69) is 21.7 Å². The van der Waals surface area contributed by atoms with E-state index in [0.29, 0.717) is 56.2 Å². The molecule has 0 spiro atoms. The highest BCUT2D eigenvalue weighted by Crippen LogP contribution is 2.38. The molecule has 1 aromatic heterocycles. The molecule has 0 radical (unpaired) electrons. The SMILES string of the molecule is COc1cc(Nc2c(C#N)cnc3cc(-c4ccc(CNCCS(=O)(=O)c5ccccc5)cc4)ccc23)c(Cl)cc1Cl. The van der Waals surface area contributed by atoms with E-state index in [1.165, 1.54) is 13.3 Å². The molecule has 42 heavy (non-hydrogen) atoms. The minimum Gasteiger partial charge on any atom is -0.495 e. The van der Waals surface area contributed by atoms with Crippen molar-refractivity contribution in [1.82, 2.24) is 10.3 Å². The minimum absolute atomic E-state index is 0.0291. The molecule has 0 aliphatic rings. The molecular weight excluding hydrogens is 591 g/mol. The number of sulfone groups is 1. The summed E-state index contributed by atoms with van der Waals surface area (Å²) in [7, 11) is -1.80. The largest absolute Gasteiger partial charge is 0.495 e. The molecule has 7 nitrogen and oxygen atoms in total. The average molecular weight is 618 g/mol. The first-order valence-electron chi connectivity index (χ1n) is 13.0. The molecule has 0 saturated carbocycles. The number of anilines is 2. The van der Waals surface area contributed by atoms with E-state index < -0.39 is 9.84 Å². The van der Waals surface area contributed by atoms with Gasteiger partial charge in [0.05, 0.1) is 50.3 Å². The Balaban J connectivity index is 1.30. The van der Waals surface area contributed by atoms with Crippen LogP contribution in [0.1, 0.15) is 11.1 Å². The molecule has 0 amide bonds. The Morgan fingerprint density at radius 2 is 1.67 bits per heavy atom. The van der Waals surface area contributed by atoms with Crippen molar-refractivity contribution in [2.75, 3.05) is 24.7 Å². The number of hydrogen-bond donors (Lipinski definition) is 2. The van der Waals surface area contributed by atoms with Crippen LogP contribution >= 0.6 is 23.2 Å². The highest BCUT2D eigenvalue weighted by molar-refractivity contribution is 7.91. The highest BCUT2D eigenvalue weighted by Gasteiger charge is 2.15. The van der Waals surface area contributed by atoms with E-state index in [0.717, 1.165) is 22.1 Å². The minimum atomic E-state index is -3.32. The summed E-state index contributed by atoms with van der Waals surface area (Å²) in [5, 5.41) is 17.8. The van der Waals surface area contributed by atoms with Gasteiger partial charge in [0.25, 0.3) is 0 Å². The van der Waals surface area contributed by atoms with Gasteiger partial charge in [0.15, 0.2) is 9.84 Å². The lowest BCUT2D eigenvalue weighted by Crippen LogP contribution is -2.22. The monoisotopic (exact) mass is 616 g/mol. The van der Waals surface area contributed by atoms with E-state index >= 15 is 0 Å². The van der Waals surface area contributed by atoms with Crippen LogP contribution < -0.4 is 15.4 Å². The summed E-state index contributed by atoms with van der Waals surface area (Å²) in [4.78, 5) is 4.85. The van der Waals surface area contributed by atoms with Crippen molar-refractivity contribution < 1.29 is 13.2 Å². The molecular formula is C32H26Cl2N4O3S. The first-order valence-corrected chi connectivity index (χ1v) is 15.4. The summed E-state index contributed by atoms with van der Waals surface area (Å²) in [5.41, 5.74) is 5.20. The maximum atomic E-state index is 12.5. The van der Waals surface area contributed by atoms with Crippen molar-refractivity contribution in [3.63, 3.8) is 0 Å². The molecule has 0 atom stereocenters. The number of nitrogens with zero attached hydrogens (tertiary/aromatic N) is 2. The molecule has 0 saturated heterocycles. The van der Waals surface area contributed by atoms with Crippen molar-refractivity contribution in [1.29, 1.82) is 5.26 Å². The number of ether oxygens (including phenoxy) is 1. The van der Waals surface area contributed by atoms with Crippen molar-refractivity contribution in [3.05, 3.63) is 112 Å². The molecule has 0 bridgehead atoms. The molecule has 0 fully saturated rings. The lowest BCUT2D eigenvalue weighted by atomic mass is 10.0. The smallest absolute Gasteiger partial charge is 0.179 e. The van der Waals surface area contributed by atoms with Gasteiger partial charge >= 0.3 is 0 Å². The van der Waals surface area contributed by atoms with Crippen molar-refractivity contribution >= 4 is 55.3 Å². The number of hydrogen-bond acceptors (Lipinski definition) is 7. The Bertz CT molecular complexity index is 1890. The first-order chi connectivity index (χ1) is 20.3. The fraction of sp³-hybridized carbons (Fsp3) is 0.125. The van der Waals surface area contributed by atoms with Gasteiger partial charge in [0.2, 0.25) is 0 Å². The number of fused-ring (bicyclic) bond motifs is 1. The van der Waals surface area contributed by atoms with Gasteiger partial charge in [-0.05, 0) is 41.0 Å². The Morgan fingerprint density at radius 3 is 2.38 bits per heavy atom. The summed E-state index contributed by atoms with van der Waals surface area (Å²) < 4.78 is 30.2. The maximum Gasteiger partial charge on any atom is 0.179 e. The van der Waals surface area contributed by atoms with Crippen LogP contribution in [0.3, 0.4) is 0 Å². The van der Waals surface area contributed by atoms with Gasteiger partial charge in [-0.1, -0.05) is 77.8 Å². The first kappa shape index (κ1) is 29.4. The van der Waals surface area contributed by atoms with E-state index in [-0.39, 0.29) is 5.75 Å². The van der Waals surface area contributed by atoms with Gasteiger partial charge in [-0.3, -0.25) is 4.98 Å². The van der Waals surface area contributed by atoms with Crippen LogP contribution in [-0.4, -0.2) is 32.8 Å². The Morgan fingerprint density at radius 1 is 0.929 bits per heavy atom. The van der Waals surface area contributed by atoms with Crippen molar-refractivity contribution in [2.45, 2.75) is 11.4 Å². The third-order valence-corrected chi connectivity index (χ3v) is 9.10. The highest BCUT2D eigenvalue weighted by atomic mass is 35.5. The van der Waals surface area contributed by atoms with Gasteiger partial charge in [0, 0.05) is 30.7 Å². The van der Waals surface area contributed by atoms with Crippen LogP contribution in [0.2, 0.25) is 10.0 Å². The van der Waals surface area contributed by atoms with E-state index in [9.17, 15) is 13.7 Å². The summed E-state index contributed by atoms with van der Waals surface area (Å²) in [6.07, 6.45) is 1.53. The maximum absolute atomic E-state index is 12.5. The molecule has 10 heteroatoms. The van der Waals surface area contributed by atoms with Gasteiger partial charge < -0.3 is 15.4 Å². The number of rotatable bonds is 10.